The van der Waals surface area contributed by atoms with Crippen molar-refractivity contribution in [2.45, 2.75) is 0 Å². The number of amides is 2. The average Bonchev–Trinajstić information content (AvgIpc) is 1.73. The van der Waals surface area contributed by atoms with Crippen LogP contribution in [0.25, 0.3) is 0 Å². The second-order valence-corrected chi connectivity index (χ2v) is 0.700. The lowest BCUT2D eigenvalue weighted by atomic mass is 11.2. The third-order valence-electron chi connectivity index (χ3n) is 0.110. The van der Waals surface area contributed by atoms with Crippen molar-refractivity contribution in [2.24, 2.45) is 5.73 Å². The highest BCUT2D eigenvalue weighted by Crippen LogP contribution is 1.52. The van der Waals surface area contributed by atoms with Gasteiger partial charge in [-0.25, -0.2) is 10.1 Å². The number of rotatable bonds is 0. The van der Waals surface area contributed by atoms with E-state index in [1.807, 2.05) is 4.72 Å². The number of nitrogens with zero attached hydrogens (tertiary/aromatic N) is 1. The van der Waals surface area contributed by atoms with E-state index >= 15 is 0 Å². The summed E-state index contributed by atoms with van der Waals surface area (Å²) in [5, 5.41) is 6.50. The Balaban J connectivity index is 0. The molecule has 0 saturated heterocycles. The molecule has 0 aliphatic carbocycles. The van der Waals surface area contributed by atoms with E-state index < -0.39 is 6.03 Å². The van der Waals surface area contributed by atoms with Crippen molar-refractivity contribution in [2.75, 3.05) is 0 Å². The highest BCUT2D eigenvalue weighted by atomic mass is 32.1. The number of carbonyl (C=O) groups is 1. The molecule has 0 aromatic carbocycles. The van der Waals surface area contributed by atoms with Gasteiger partial charge in [-0.3, -0.25) is 4.72 Å². The molecule has 0 rings (SSSR count). The van der Waals surface area contributed by atoms with Crippen molar-refractivity contribution in [3.8, 4) is 6.57 Å². The van der Waals surface area contributed by atoms with Crippen LogP contribution in [0.1, 0.15) is 0 Å². The van der Waals surface area contributed by atoms with Crippen molar-refractivity contribution in [1.29, 1.82) is 5.26 Å². The molecule has 0 fully saturated rings. The summed E-state index contributed by atoms with van der Waals surface area (Å²) in [6.45, 7) is 3.50. The number of primary amides is 1. The predicted molar refractivity (Wildman–Crippen MR) is 28.4 cm³/mol. The molecule has 7 heavy (non-hydrogen) atoms. The highest BCUT2D eigenvalue weighted by Gasteiger charge is 1.74. The summed E-state index contributed by atoms with van der Waals surface area (Å²) >= 11 is 3.29. The molecular formula is C2H5N3OS. The van der Waals surface area contributed by atoms with Gasteiger partial charge in [0.2, 0.25) is 0 Å². The van der Waals surface area contributed by atoms with Crippen molar-refractivity contribution >= 4 is 18.8 Å². The Hall–Kier alpha value is -0.890. The van der Waals surface area contributed by atoms with Crippen LogP contribution in [0.4, 0.5) is 4.79 Å². The Bertz CT molecular complexity index is 70.6. The van der Waals surface area contributed by atoms with E-state index in [1.165, 1.54) is 0 Å². The molecule has 5 heteroatoms. The van der Waals surface area contributed by atoms with E-state index in [1.54, 1.807) is 0 Å². The fourth-order valence-electron chi connectivity index (χ4n) is 0. The SMILES string of the molecule is C#N.NC(=O)NS. The van der Waals surface area contributed by atoms with E-state index in [0.717, 1.165) is 0 Å². The van der Waals surface area contributed by atoms with Crippen LogP contribution in [0.5, 0.6) is 0 Å². The Morgan fingerprint density at radius 1 is 1.86 bits per heavy atom. The Morgan fingerprint density at radius 2 is 2.00 bits per heavy atom. The summed E-state index contributed by atoms with van der Waals surface area (Å²) in [7, 11) is 0. The van der Waals surface area contributed by atoms with Gasteiger partial charge >= 0.3 is 6.03 Å². The molecule has 0 atom stereocenters. The maximum absolute atomic E-state index is 9.40. The second-order valence-electron chi connectivity index (χ2n) is 0.476. The fourth-order valence-corrected chi connectivity index (χ4v) is 0. The van der Waals surface area contributed by atoms with Crippen LogP contribution >= 0.6 is 12.8 Å². The third-order valence-corrected chi connectivity index (χ3v) is 0.331. The lowest BCUT2D eigenvalue weighted by molar-refractivity contribution is 0.254. The average molecular weight is 119 g/mol. The summed E-state index contributed by atoms with van der Waals surface area (Å²) in [6.07, 6.45) is 0. The quantitative estimate of drug-likeness (QED) is 0.381. The van der Waals surface area contributed by atoms with Crippen LogP contribution in [0.3, 0.4) is 0 Å². The van der Waals surface area contributed by atoms with Gasteiger partial charge in [-0.1, -0.05) is 12.8 Å². The Kier molecular flexibility index (Phi) is 12.0. The molecule has 0 aromatic heterocycles. The number of hydrogen-bond acceptors (Lipinski definition) is 3. The molecule has 0 bridgehead atoms. The van der Waals surface area contributed by atoms with Crippen LogP contribution in [-0.4, -0.2) is 6.03 Å². The largest absolute Gasteiger partial charge is 0.351 e. The van der Waals surface area contributed by atoms with Gasteiger partial charge < -0.3 is 5.73 Å². The fraction of sp³-hybridized carbons (Fsp3) is 0. The van der Waals surface area contributed by atoms with E-state index in [9.17, 15) is 4.79 Å². The normalized spacial score (nSPS) is 5.00. The van der Waals surface area contributed by atoms with Gasteiger partial charge in [0, 0.05) is 6.57 Å². The van der Waals surface area contributed by atoms with Gasteiger partial charge in [0.05, 0.1) is 0 Å². The first-order chi connectivity index (χ1) is 3.27. The van der Waals surface area contributed by atoms with Gasteiger partial charge in [-0.2, -0.15) is 0 Å². The molecule has 0 radical (unpaired) electrons. The molecule has 0 unspecified atom stereocenters. The van der Waals surface area contributed by atoms with Crippen molar-refractivity contribution in [1.82, 2.24) is 4.72 Å². The summed E-state index contributed by atoms with van der Waals surface area (Å²) in [4.78, 5) is 9.40. The molecule has 0 aromatic rings. The zero-order chi connectivity index (χ0) is 6.28. The lowest BCUT2D eigenvalue weighted by Crippen LogP contribution is -2.20. The first-order valence-corrected chi connectivity index (χ1v) is 1.67. The Labute approximate surface area is 46.8 Å². The molecule has 0 heterocycles. The number of nitrogens with one attached hydrogen (secondary N) is 1. The maximum atomic E-state index is 9.40. The van der Waals surface area contributed by atoms with Gasteiger partial charge in [0.1, 0.15) is 0 Å². The Morgan fingerprint density at radius 3 is 2.00 bits per heavy atom. The minimum atomic E-state index is -0.631. The van der Waals surface area contributed by atoms with Gasteiger partial charge in [0.15, 0.2) is 0 Å². The van der Waals surface area contributed by atoms with E-state index in [2.05, 4.69) is 25.1 Å². The standard InChI is InChI=1S/CH4N2OS.CHN/c2-1(4)3-5;1-2/h5H,(H3,2,3,4);1H. The lowest BCUT2D eigenvalue weighted by Gasteiger charge is -1.79. The van der Waals surface area contributed by atoms with E-state index in [0.29, 0.717) is 0 Å². The smallest absolute Gasteiger partial charge is 0.321 e. The molecule has 4 nitrogen and oxygen atoms in total. The topological polar surface area (TPSA) is 78.9 Å². The van der Waals surface area contributed by atoms with Gasteiger partial charge in [-0.05, 0) is 0 Å². The maximum Gasteiger partial charge on any atom is 0.321 e. The zero-order valence-corrected chi connectivity index (χ0v) is 4.35. The van der Waals surface area contributed by atoms with Crippen LogP contribution in [0, 0.1) is 11.8 Å². The number of carbonyl (C=O) groups excluding carboxylic acids is 1. The summed E-state index contributed by atoms with van der Waals surface area (Å²) in [6, 6.07) is -0.631. The van der Waals surface area contributed by atoms with Crippen LogP contribution < -0.4 is 10.5 Å². The molecule has 0 spiro atoms. The third kappa shape index (κ3) is 40.1. The van der Waals surface area contributed by atoms with Crippen LogP contribution in [-0.2, 0) is 0 Å². The number of hydrogen-bond donors (Lipinski definition) is 3. The molecule has 3 N–H and O–H groups in total. The first kappa shape index (κ1) is 9.44. The van der Waals surface area contributed by atoms with Gasteiger partial charge in [0.25, 0.3) is 0 Å². The summed E-state index contributed by atoms with van der Waals surface area (Å²) < 4.78 is 1.86. The monoisotopic (exact) mass is 119 g/mol. The second kappa shape index (κ2) is 8.92. The minimum absolute atomic E-state index is 0.631. The zero-order valence-electron chi connectivity index (χ0n) is 3.46. The first-order valence-electron chi connectivity index (χ1n) is 1.22. The molecule has 2 amide bonds. The number of thiol groups is 1. The summed E-state index contributed by atoms with van der Waals surface area (Å²) in [5.41, 5.74) is 4.47. The predicted octanol–water partition coefficient (Wildman–Crippen LogP) is -0.361. The van der Waals surface area contributed by atoms with Crippen molar-refractivity contribution in [3.63, 3.8) is 0 Å². The molecule has 0 aliphatic rings. The van der Waals surface area contributed by atoms with Crippen molar-refractivity contribution in [3.05, 3.63) is 0 Å². The molecular weight excluding hydrogens is 114 g/mol. The molecule has 0 aliphatic heterocycles. The minimum Gasteiger partial charge on any atom is -0.351 e. The van der Waals surface area contributed by atoms with Gasteiger partial charge in [-0.15, -0.1) is 0 Å². The number of urea groups is 1. The summed E-state index contributed by atoms with van der Waals surface area (Å²) in [5.74, 6) is 0. The van der Waals surface area contributed by atoms with E-state index in [4.69, 9.17) is 5.26 Å². The van der Waals surface area contributed by atoms with Crippen molar-refractivity contribution < 1.29 is 4.79 Å². The van der Waals surface area contributed by atoms with Crippen LogP contribution in [0.15, 0.2) is 0 Å². The number of nitriles is 1. The van der Waals surface area contributed by atoms with Crippen LogP contribution in [0.2, 0.25) is 0 Å². The molecule has 0 saturated carbocycles. The van der Waals surface area contributed by atoms with E-state index in [-0.39, 0.29) is 0 Å². The highest BCUT2D eigenvalue weighted by molar-refractivity contribution is 7.78. The molecule has 40 valence electrons. The number of nitrogens with two attached hydrogens (primary N) is 1.